The lowest BCUT2D eigenvalue weighted by Crippen LogP contribution is -2.23. The van der Waals surface area contributed by atoms with Crippen LogP contribution < -0.4 is 10.6 Å². The topological polar surface area (TPSA) is 54.3 Å². The summed E-state index contributed by atoms with van der Waals surface area (Å²) in [5.74, 6) is 0.825. The Bertz CT molecular complexity index is 868. The third-order valence-electron chi connectivity index (χ3n) is 4.27. The van der Waals surface area contributed by atoms with Crippen LogP contribution in [0.5, 0.6) is 0 Å². The fraction of sp³-hybridized carbons (Fsp3) is 0.150. The SMILES string of the molecule is O=C(Nc1ccccc1)c1ccc(-c2cccc3c2CCNC3)o1. The number of rotatable bonds is 3. The maximum absolute atomic E-state index is 12.3. The Balaban J connectivity index is 1.60. The van der Waals surface area contributed by atoms with Gasteiger partial charge in [0.25, 0.3) is 5.91 Å². The highest BCUT2D eigenvalue weighted by Gasteiger charge is 2.17. The standard InChI is InChI=1S/C20H18N2O2/c23-20(22-15-6-2-1-3-7-15)19-10-9-18(24-19)17-8-4-5-14-13-21-12-11-16(14)17/h1-10,21H,11-13H2,(H,22,23). The molecular formula is C20H18N2O2. The number of nitrogens with one attached hydrogen (secondary N) is 2. The van der Waals surface area contributed by atoms with Crippen LogP contribution >= 0.6 is 0 Å². The van der Waals surface area contributed by atoms with E-state index in [9.17, 15) is 4.79 Å². The van der Waals surface area contributed by atoms with E-state index in [-0.39, 0.29) is 5.91 Å². The van der Waals surface area contributed by atoms with Gasteiger partial charge < -0.3 is 15.1 Å². The van der Waals surface area contributed by atoms with Crippen LogP contribution in [0.25, 0.3) is 11.3 Å². The van der Waals surface area contributed by atoms with Gasteiger partial charge in [-0.25, -0.2) is 0 Å². The maximum Gasteiger partial charge on any atom is 0.291 e. The highest BCUT2D eigenvalue weighted by Crippen LogP contribution is 2.30. The average Bonchev–Trinajstić information content (AvgIpc) is 3.12. The van der Waals surface area contributed by atoms with Crippen LogP contribution in [-0.4, -0.2) is 12.5 Å². The molecule has 2 N–H and O–H groups in total. The number of fused-ring (bicyclic) bond motifs is 1. The van der Waals surface area contributed by atoms with E-state index in [1.807, 2.05) is 42.5 Å². The highest BCUT2D eigenvalue weighted by atomic mass is 16.3. The lowest BCUT2D eigenvalue weighted by atomic mass is 9.94. The van der Waals surface area contributed by atoms with E-state index in [2.05, 4.69) is 22.8 Å². The minimum Gasteiger partial charge on any atom is -0.451 e. The van der Waals surface area contributed by atoms with E-state index in [0.717, 1.165) is 36.5 Å². The molecule has 0 aliphatic carbocycles. The van der Waals surface area contributed by atoms with E-state index in [1.165, 1.54) is 11.1 Å². The molecule has 0 saturated carbocycles. The Morgan fingerprint density at radius 2 is 1.88 bits per heavy atom. The van der Waals surface area contributed by atoms with Gasteiger partial charge in [0.15, 0.2) is 5.76 Å². The highest BCUT2D eigenvalue weighted by molar-refractivity contribution is 6.02. The average molecular weight is 318 g/mol. The summed E-state index contributed by atoms with van der Waals surface area (Å²) in [6.45, 7) is 1.84. The summed E-state index contributed by atoms with van der Waals surface area (Å²) in [5, 5.41) is 6.22. The molecule has 0 atom stereocenters. The summed E-state index contributed by atoms with van der Waals surface area (Å²) in [6, 6.07) is 19.2. The molecule has 0 unspecified atom stereocenters. The molecule has 4 nitrogen and oxygen atoms in total. The zero-order valence-electron chi connectivity index (χ0n) is 13.2. The van der Waals surface area contributed by atoms with Gasteiger partial charge in [-0.2, -0.15) is 0 Å². The molecule has 3 aromatic rings. The summed E-state index contributed by atoms with van der Waals surface area (Å²) in [7, 11) is 0. The molecule has 0 bridgehead atoms. The zero-order chi connectivity index (χ0) is 16.4. The van der Waals surface area contributed by atoms with Gasteiger partial charge in [0.05, 0.1) is 0 Å². The Morgan fingerprint density at radius 3 is 2.75 bits per heavy atom. The number of hydrogen-bond donors (Lipinski definition) is 2. The van der Waals surface area contributed by atoms with Crippen LogP contribution in [0.3, 0.4) is 0 Å². The van der Waals surface area contributed by atoms with Gasteiger partial charge in [-0.1, -0.05) is 36.4 Å². The number of amides is 1. The Hall–Kier alpha value is -2.85. The van der Waals surface area contributed by atoms with Crippen molar-refractivity contribution in [3.8, 4) is 11.3 Å². The minimum absolute atomic E-state index is 0.237. The van der Waals surface area contributed by atoms with Gasteiger partial charge >= 0.3 is 0 Å². The lowest BCUT2D eigenvalue weighted by molar-refractivity contribution is 0.0997. The maximum atomic E-state index is 12.3. The molecule has 1 aliphatic rings. The smallest absolute Gasteiger partial charge is 0.291 e. The summed E-state index contributed by atoms with van der Waals surface area (Å²) in [5.41, 5.74) is 4.43. The van der Waals surface area contributed by atoms with E-state index in [4.69, 9.17) is 4.42 Å². The van der Waals surface area contributed by atoms with Crippen molar-refractivity contribution in [1.82, 2.24) is 5.32 Å². The molecule has 120 valence electrons. The molecule has 0 fully saturated rings. The second kappa shape index (κ2) is 6.34. The number of para-hydroxylation sites is 1. The fourth-order valence-corrected chi connectivity index (χ4v) is 3.08. The van der Waals surface area contributed by atoms with Crippen molar-refractivity contribution < 1.29 is 9.21 Å². The summed E-state index contributed by atoms with van der Waals surface area (Å²) in [4.78, 5) is 12.3. The summed E-state index contributed by atoms with van der Waals surface area (Å²) < 4.78 is 5.84. The number of furan rings is 1. The van der Waals surface area contributed by atoms with Gasteiger partial charge in [-0.05, 0) is 48.4 Å². The molecule has 4 rings (SSSR count). The van der Waals surface area contributed by atoms with Crippen molar-refractivity contribution in [1.29, 1.82) is 0 Å². The molecule has 24 heavy (non-hydrogen) atoms. The predicted octanol–water partition coefficient (Wildman–Crippen LogP) is 3.84. The van der Waals surface area contributed by atoms with Crippen molar-refractivity contribution in [3.63, 3.8) is 0 Å². The van der Waals surface area contributed by atoms with Crippen molar-refractivity contribution in [2.75, 3.05) is 11.9 Å². The van der Waals surface area contributed by atoms with Crippen molar-refractivity contribution in [2.45, 2.75) is 13.0 Å². The third kappa shape index (κ3) is 2.84. The van der Waals surface area contributed by atoms with Crippen molar-refractivity contribution >= 4 is 11.6 Å². The van der Waals surface area contributed by atoms with E-state index < -0.39 is 0 Å². The first kappa shape index (κ1) is 14.7. The molecule has 1 aromatic heterocycles. The third-order valence-corrected chi connectivity index (χ3v) is 4.27. The largest absolute Gasteiger partial charge is 0.451 e. The van der Waals surface area contributed by atoms with E-state index >= 15 is 0 Å². The van der Waals surface area contributed by atoms with Gasteiger partial charge in [0.2, 0.25) is 0 Å². The molecule has 1 aliphatic heterocycles. The van der Waals surface area contributed by atoms with Crippen LogP contribution in [0.1, 0.15) is 21.7 Å². The van der Waals surface area contributed by atoms with Crippen LogP contribution in [0, 0.1) is 0 Å². The molecule has 1 amide bonds. The summed E-state index contributed by atoms with van der Waals surface area (Å²) >= 11 is 0. The first-order valence-corrected chi connectivity index (χ1v) is 8.09. The van der Waals surface area contributed by atoms with Crippen molar-refractivity contribution in [3.05, 3.63) is 77.6 Å². The molecule has 0 radical (unpaired) electrons. The predicted molar refractivity (Wildman–Crippen MR) is 93.9 cm³/mol. The van der Waals surface area contributed by atoms with Gasteiger partial charge in [-0.15, -0.1) is 0 Å². The Morgan fingerprint density at radius 1 is 1.00 bits per heavy atom. The fourth-order valence-electron chi connectivity index (χ4n) is 3.08. The molecule has 0 saturated heterocycles. The monoisotopic (exact) mass is 318 g/mol. The van der Waals surface area contributed by atoms with Crippen LogP contribution in [0.15, 0.2) is 65.1 Å². The Labute approximate surface area is 140 Å². The van der Waals surface area contributed by atoms with Gasteiger partial charge in [-0.3, -0.25) is 4.79 Å². The van der Waals surface area contributed by atoms with Crippen molar-refractivity contribution in [2.24, 2.45) is 0 Å². The first-order chi connectivity index (χ1) is 11.8. The number of carbonyl (C=O) groups excluding carboxylic acids is 1. The number of benzene rings is 2. The normalized spacial score (nSPS) is 13.3. The lowest BCUT2D eigenvalue weighted by Gasteiger charge is -2.19. The van der Waals surface area contributed by atoms with Crippen LogP contribution in [-0.2, 0) is 13.0 Å². The summed E-state index contributed by atoms with van der Waals surface area (Å²) in [6.07, 6.45) is 0.970. The van der Waals surface area contributed by atoms with E-state index in [1.54, 1.807) is 6.07 Å². The molecule has 2 heterocycles. The second-order valence-corrected chi connectivity index (χ2v) is 5.85. The van der Waals surface area contributed by atoms with Gasteiger partial charge in [0.1, 0.15) is 5.76 Å². The van der Waals surface area contributed by atoms with Crippen LogP contribution in [0.2, 0.25) is 0 Å². The van der Waals surface area contributed by atoms with Gasteiger partial charge in [0, 0.05) is 17.8 Å². The molecular weight excluding hydrogens is 300 g/mol. The number of anilines is 1. The zero-order valence-corrected chi connectivity index (χ0v) is 13.2. The number of hydrogen-bond acceptors (Lipinski definition) is 3. The Kier molecular flexibility index (Phi) is 3.89. The molecule has 2 aromatic carbocycles. The quantitative estimate of drug-likeness (QED) is 0.771. The first-order valence-electron chi connectivity index (χ1n) is 8.09. The second-order valence-electron chi connectivity index (χ2n) is 5.85. The molecule has 0 spiro atoms. The number of carbonyl (C=O) groups is 1. The van der Waals surface area contributed by atoms with Crippen LogP contribution in [0.4, 0.5) is 5.69 Å². The van der Waals surface area contributed by atoms with E-state index in [0.29, 0.717) is 5.76 Å². The molecule has 4 heteroatoms. The minimum atomic E-state index is -0.237.